The van der Waals surface area contributed by atoms with E-state index >= 15 is 0 Å². The zero-order valence-corrected chi connectivity index (χ0v) is 10.8. The third kappa shape index (κ3) is 2.96. The van der Waals surface area contributed by atoms with Crippen molar-refractivity contribution in [3.63, 3.8) is 0 Å². The Hall–Kier alpha value is -1.80. The van der Waals surface area contributed by atoms with Gasteiger partial charge in [0.15, 0.2) is 17.5 Å². The van der Waals surface area contributed by atoms with Crippen molar-refractivity contribution < 1.29 is 17.9 Å². The molecule has 0 radical (unpaired) electrons. The number of ether oxygens (including phenoxy) is 1. The number of hydrazine groups is 1. The smallest absolute Gasteiger partial charge is 0.258 e. The highest BCUT2D eigenvalue weighted by atomic mass is 79.9. The van der Waals surface area contributed by atoms with Gasteiger partial charge in [0.1, 0.15) is 11.6 Å². The molecule has 0 aliphatic carbocycles. The van der Waals surface area contributed by atoms with Crippen LogP contribution in [0.1, 0.15) is 0 Å². The van der Waals surface area contributed by atoms with Crippen LogP contribution in [0.15, 0.2) is 28.7 Å². The first kappa shape index (κ1) is 13.6. The minimum Gasteiger partial charge on any atom is -0.435 e. The molecule has 0 amide bonds. The maximum atomic E-state index is 13.5. The van der Waals surface area contributed by atoms with Crippen molar-refractivity contribution in [1.82, 2.24) is 4.98 Å². The number of pyridine rings is 1. The quantitative estimate of drug-likeness (QED) is 0.668. The van der Waals surface area contributed by atoms with Crippen molar-refractivity contribution in [2.75, 3.05) is 5.43 Å². The van der Waals surface area contributed by atoms with Crippen molar-refractivity contribution in [2.45, 2.75) is 0 Å². The Bertz CT molecular complexity index is 624. The number of nitrogen functional groups attached to an aromatic ring is 1. The van der Waals surface area contributed by atoms with E-state index in [2.05, 4.69) is 20.9 Å². The molecular weight excluding hydrogens is 327 g/mol. The fraction of sp³-hybridized carbons (Fsp3) is 0. The lowest BCUT2D eigenvalue weighted by molar-refractivity contribution is 0.413. The van der Waals surface area contributed by atoms with Gasteiger partial charge >= 0.3 is 0 Å². The molecule has 2 aromatic rings. The molecule has 1 aromatic heterocycles. The van der Waals surface area contributed by atoms with E-state index in [0.29, 0.717) is 10.5 Å². The number of hydrogen-bond acceptors (Lipinski definition) is 4. The molecule has 0 bridgehead atoms. The van der Waals surface area contributed by atoms with Crippen LogP contribution in [0.3, 0.4) is 0 Å². The lowest BCUT2D eigenvalue weighted by Crippen LogP contribution is -2.11. The van der Waals surface area contributed by atoms with E-state index in [0.717, 1.165) is 6.07 Å². The van der Waals surface area contributed by atoms with Crippen LogP contribution in [0.25, 0.3) is 0 Å². The van der Waals surface area contributed by atoms with Crippen LogP contribution in [-0.2, 0) is 0 Å². The Balaban J connectivity index is 2.40. The SMILES string of the molecule is NNc1nc(Oc2cc(F)ccc2Br)c(F)cc1F. The number of anilines is 1. The van der Waals surface area contributed by atoms with Gasteiger partial charge in [0.25, 0.3) is 5.88 Å². The first-order valence-corrected chi connectivity index (χ1v) is 5.76. The fourth-order valence-electron chi connectivity index (χ4n) is 1.28. The molecule has 100 valence electrons. The van der Waals surface area contributed by atoms with E-state index in [9.17, 15) is 13.2 Å². The first-order chi connectivity index (χ1) is 9.01. The maximum absolute atomic E-state index is 13.5. The van der Waals surface area contributed by atoms with E-state index in [1.54, 1.807) is 0 Å². The van der Waals surface area contributed by atoms with Gasteiger partial charge in [0, 0.05) is 12.1 Å². The summed E-state index contributed by atoms with van der Waals surface area (Å²) in [4.78, 5) is 3.50. The molecule has 0 saturated carbocycles. The van der Waals surface area contributed by atoms with Crippen molar-refractivity contribution >= 4 is 21.7 Å². The number of nitrogens with two attached hydrogens (primary N) is 1. The predicted octanol–water partition coefficient (Wildman–Crippen LogP) is 3.34. The van der Waals surface area contributed by atoms with Crippen LogP contribution in [0.2, 0.25) is 0 Å². The highest BCUT2D eigenvalue weighted by Gasteiger charge is 2.14. The van der Waals surface area contributed by atoms with E-state index < -0.39 is 23.3 Å². The lowest BCUT2D eigenvalue weighted by Gasteiger charge is -2.09. The van der Waals surface area contributed by atoms with Crippen molar-refractivity contribution in [2.24, 2.45) is 5.84 Å². The van der Waals surface area contributed by atoms with Gasteiger partial charge in [-0.05, 0) is 28.1 Å². The van der Waals surface area contributed by atoms with Gasteiger partial charge in [-0.25, -0.2) is 19.0 Å². The second kappa shape index (κ2) is 5.45. The second-order valence-corrected chi connectivity index (χ2v) is 4.28. The summed E-state index contributed by atoms with van der Waals surface area (Å²) in [5.74, 6) is 1.53. The highest BCUT2D eigenvalue weighted by molar-refractivity contribution is 9.10. The van der Waals surface area contributed by atoms with Gasteiger partial charge in [-0.1, -0.05) is 0 Å². The molecule has 0 saturated heterocycles. The van der Waals surface area contributed by atoms with E-state index in [-0.39, 0.29) is 11.6 Å². The zero-order valence-electron chi connectivity index (χ0n) is 9.25. The van der Waals surface area contributed by atoms with Gasteiger partial charge < -0.3 is 10.2 Å². The third-order valence-corrected chi connectivity index (χ3v) is 2.79. The van der Waals surface area contributed by atoms with Crippen LogP contribution in [0, 0.1) is 17.5 Å². The number of aromatic nitrogens is 1. The Morgan fingerprint density at radius 1 is 1.16 bits per heavy atom. The van der Waals surface area contributed by atoms with Gasteiger partial charge in [0.2, 0.25) is 0 Å². The normalized spacial score (nSPS) is 10.4. The third-order valence-electron chi connectivity index (χ3n) is 2.13. The predicted molar refractivity (Wildman–Crippen MR) is 66.1 cm³/mol. The Labute approximate surface area is 114 Å². The summed E-state index contributed by atoms with van der Waals surface area (Å²) >= 11 is 3.11. The Morgan fingerprint density at radius 3 is 2.58 bits per heavy atom. The highest BCUT2D eigenvalue weighted by Crippen LogP contribution is 2.31. The van der Waals surface area contributed by atoms with Crippen LogP contribution < -0.4 is 16.0 Å². The molecule has 4 nitrogen and oxygen atoms in total. The maximum Gasteiger partial charge on any atom is 0.258 e. The number of nitrogens with zero attached hydrogens (tertiary/aromatic N) is 1. The largest absolute Gasteiger partial charge is 0.435 e. The summed E-state index contributed by atoms with van der Waals surface area (Å²) in [6.07, 6.45) is 0. The molecule has 1 heterocycles. The zero-order chi connectivity index (χ0) is 14.0. The summed E-state index contributed by atoms with van der Waals surface area (Å²) in [6.45, 7) is 0. The molecule has 8 heteroatoms. The first-order valence-electron chi connectivity index (χ1n) is 4.97. The van der Waals surface area contributed by atoms with Crippen molar-refractivity contribution in [1.29, 1.82) is 0 Å². The van der Waals surface area contributed by atoms with E-state index in [1.807, 2.05) is 5.43 Å². The molecule has 19 heavy (non-hydrogen) atoms. The number of halogens is 4. The average molecular weight is 334 g/mol. The molecule has 1 aromatic carbocycles. The summed E-state index contributed by atoms with van der Waals surface area (Å²) in [7, 11) is 0. The molecule has 3 N–H and O–H groups in total. The average Bonchev–Trinajstić information content (AvgIpc) is 2.37. The minimum atomic E-state index is -1.03. The van der Waals surface area contributed by atoms with Gasteiger partial charge in [0.05, 0.1) is 4.47 Å². The fourth-order valence-corrected chi connectivity index (χ4v) is 1.61. The standard InChI is InChI=1S/C11H7BrF3N3O/c12-6-2-1-5(13)3-9(6)19-11-8(15)4-7(14)10(17-11)18-16/h1-4H,16H2,(H,17,18). The number of nitrogens with one attached hydrogen (secondary N) is 1. The molecule has 0 unspecified atom stereocenters. The molecule has 0 aliphatic rings. The minimum absolute atomic E-state index is 0.000907. The van der Waals surface area contributed by atoms with E-state index in [1.165, 1.54) is 12.1 Å². The Kier molecular flexibility index (Phi) is 3.91. The molecule has 0 spiro atoms. The molecule has 0 atom stereocenters. The molecule has 2 rings (SSSR count). The van der Waals surface area contributed by atoms with Crippen LogP contribution in [0.5, 0.6) is 11.6 Å². The van der Waals surface area contributed by atoms with Crippen molar-refractivity contribution in [3.05, 3.63) is 46.2 Å². The van der Waals surface area contributed by atoms with Gasteiger partial charge in [-0.2, -0.15) is 4.98 Å². The van der Waals surface area contributed by atoms with Crippen LogP contribution in [-0.4, -0.2) is 4.98 Å². The monoisotopic (exact) mass is 333 g/mol. The Morgan fingerprint density at radius 2 is 1.89 bits per heavy atom. The summed E-state index contributed by atoms with van der Waals surface area (Å²) in [5.41, 5.74) is 1.96. The molecule has 0 aliphatic heterocycles. The van der Waals surface area contributed by atoms with Crippen molar-refractivity contribution in [3.8, 4) is 11.6 Å². The molecular formula is C11H7BrF3N3O. The van der Waals surface area contributed by atoms with Gasteiger partial charge in [-0.15, -0.1) is 0 Å². The number of hydrogen-bond donors (Lipinski definition) is 2. The van der Waals surface area contributed by atoms with Crippen LogP contribution in [0.4, 0.5) is 19.0 Å². The second-order valence-electron chi connectivity index (χ2n) is 3.43. The lowest BCUT2D eigenvalue weighted by atomic mass is 10.3. The van der Waals surface area contributed by atoms with Crippen LogP contribution >= 0.6 is 15.9 Å². The number of benzene rings is 1. The summed E-state index contributed by atoms with van der Waals surface area (Å²) in [5, 5.41) is 0. The summed E-state index contributed by atoms with van der Waals surface area (Å²) < 4.78 is 45.1. The topological polar surface area (TPSA) is 60.2 Å². The van der Waals surface area contributed by atoms with Gasteiger partial charge in [-0.3, -0.25) is 0 Å². The number of rotatable bonds is 3. The molecule has 0 fully saturated rings. The van der Waals surface area contributed by atoms with E-state index in [4.69, 9.17) is 10.6 Å². The summed E-state index contributed by atoms with van der Waals surface area (Å²) in [6, 6.07) is 4.17.